The number of ether oxygens (including phenoxy) is 5. The van der Waals surface area contributed by atoms with E-state index < -0.39 is 58.2 Å². The van der Waals surface area contributed by atoms with Crippen LogP contribution in [0.1, 0.15) is 103 Å². The summed E-state index contributed by atoms with van der Waals surface area (Å²) >= 11 is 13.5. The van der Waals surface area contributed by atoms with Crippen LogP contribution in [-0.4, -0.2) is 94.6 Å². The molecule has 18 aromatic rings. The van der Waals surface area contributed by atoms with E-state index >= 15 is 0 Å². The monoisotopic (exact) mass is 1950 g/mol. The number of thiazole rings is 5. The Morgan fingerprint density at radius 1 is 0.306 bits per heavy atom. The molecular formula is C97H89ClF11N15O5S5. The fourth-order valence-electron chi connectivity index (χ4n) is 16.4. The fraction of sp³-hybridized carbons (Fsp3) is 0.247. The molecule has 0 amide bonds. The summed E-state index contributed by atoms with van der Waals surface area (Å²) < 4.78 is 194. The van der Waals surface area contributed by atoms with Crippen LogP contribution in [0.4, 0.5) is 94.4 Å². The van der Waals surface area contributed by atoms with Crippen LogP contribution in [0.25, 0.3) is 81.1 Å². The van der Waals surface area contributed by atoms with Gasteiger partial charge in [-0.05, 0) is 128 Å². The van der Waals surface area contributed by atoms with Crippen molar-refractivity contribution in [3.05, 3.63) is 262 Å². The Labute approximate surface area is 787 Å². The molecular weight excluding hydrogens is 1860 g/mol. The molecule has 10 aromatic heterocycles. The standard InChI is InChI=1S/C21H19F2N3OS.C20H16ClF2N3OS.C19H14F3N3OS.C19H21F2N3OS.C18H19F2N3OS/c1-11-6-5-7-12(2)18(11)24-20-19(25-21-26(20)13(3)10-28-21)17-15(22)8-14(27-4)9-16(17)23;1-10-5-4-6-13(21)17(10)24-19-18(25-20-26(19)11(2)9-28-20)16-14(22)7-12(27-3)8-15(16)23;1-10-9-27-19-24-17(16-14(21)7-13(26-2)8-15(16)22)18(25(10)19)23-12-5-3-11(20)4-6-12;1-11-10-26-19-23-17(16-14(20)8-13(25-2)9-15(16)21)18(24(11)19)22-12-6-4-3-5-7-12;1-10-9-25-18-22-16(15-13(19)7-12(24-2)8-14(15)20)17(23(10)18)21-11-5-3-4-6-11/h5-10,24H,1-4H3;4-9,24H,1-3H3;3-9,23H,1-2H3;8-10,12,22H,3-7H2,1-2H3;7-9,11,21H,3-6H2,1-2H3. The van der Waals surface area contributed by atoms with Gasteiger partial charge in [-0.1, -0.05) is 74.0 Å². The quantitative estimate of drug-likeness (QED) is 0.0452. The number of aryl methyl sites for hydroxylation is 8. The largest absolute Gasteiger partial charge is 0.497 e. The van der Waals surface area contributed by atoms with E-state index in [0.29, 0.717) is 83.8 Å². The van der Waals surface area contributed by atoms with Gasteiger partial charge in [-0.15, -0.1) is 56.7 Å². The molecule has 20 rings (SSSR count). The molecule has 2 fully saturated rings. The number of fused-ring (bicyclic) bond motifs is 5. The van der Waals surface area contributed by atoms with Gasteiger partial charge >= 0.3 is 0 Å². The van der Waals surface area contributed by atoms with Gasteiger partial charge in [0.25, 0.3) is 0 Å². The number of aromatic nitrogens is 10. The maximum atomic E-state index is 14.8. The molecule has 0 aliphatic heterocycles. The number of nitrogens with zero attached hydrogens (tertiary/aromatic N) is 10. The number of anilines is 8. The minimum absolute atomic E-state index is 0.0824. The predicted molar refractivity (Wildman–Crippen MR) is 513 cm³/mol. The van der Waals surface area contributed by atoms with E-state index in [1.165, 1.54) is 173 Å². The predicted octanol–water partition coefficient (Wildman–Crippen LogP) is 28.3. The van der Waals surface area contributed by atoms with E-state index in [2.05, 4.69) is 51.5 Å². The minimum atomic E-state index is -0.780. The van der Waals surface area contributed by atoms with E-state index in [-0.39, 0.29) is 79.5 Å². The Hall–Kier alpha value is -12.9. The van der Waals surface area contributed by atoms with Crippen LogP contribution >= 0.6 is 68.3 Å². The Kier molecular flexibility index (Phi) is 28.2. The van der Waals surface area contributed by atoms with Crippen molar-refractivity contribution in [1.29, 1.82) is 0 Å². The van der Waals surface area contributed by atoms with Crippen LogP contribution in [-0.2, 0) is 0 Å². The third kappa shape index (κ3) is 19.1. The summed E-state index contributed by atoms with van der Waals surface area (Å²) in [6.07, 6.45) is 10.2. The van der Waals surface area contributed by atoms with Gasteiger partial charge in [-0.25, -0.2) is 73.2 Å². The highest BCUT2D eigenvalue weighted by Crippen LogP contribution is 2.47. The average molecular weight is 1950 g/mol. The maximum Gasteiger partial charge on any atom is 0.196 e. The summed E-state index contributed by atoms with van der Waals surface area (Å²) in [6, 6.07) is 29.4. The van der Waals surface area contributed by atoms with Crippen molar-refractivity contribution < 1.29 is 72.0 Å². The molecule has 0 bridgehead atoms. The molecule has 2 saturated carbocycles. The molecule has 134 heavy (non-hydrogen) atoms. The zero-order valence-electron chi connectivity index (χ0n) is 74.5. The van der Waals surface area contributed by atoms with Gasteiger partial charge in [0.15, 0.2) is 24.8 Å². The first-order valence-electron chi connectivity index (χ1n) is 42.4. The first-order chi connectivity index (χ1) is 64.4. The highest BCUT2D eigenvalue weighted by atomic mass is 35.5. The smallest absolute Gasteiger partial charge is 0.196 e. The summed E-state index contributed by atoms with van der Waals surface area (Å²) in [7, 11) is 6.84. The number of methoxy groups -OCH3 is 5. The summed E-state index contributed by atoms with van der Waals surface area (Å²) in [5.74, 6) is -4.20. The second-order valence-electron chi connectivity index (χ2n) is 32.0. The number of para-hydroxylation sites is 2. The fourth-order valence-corrected chi connectivity index (χ4v) is 20.9. The van der Waals surface area contributed by atoms with Crippen molar-refractivity contribution >= 4 is 139 Å². The third-order valence-electron chi connectivity index (χ3n) is 23.1. The molecule has 696 valence electrons. The first-order valence-corrected chi connectivity index (χ1v) is 47.1. The van der Waals surface area contributed by atoms with Gasteiger partial charge in [0.1, 0.15) is 150 Å². The van der Waals surface area contributed by atoms with Gasteiger partial charge in [0.2, 0.25) is 0 Å². The number of hydrogen-bond acceptors (Lipinski definition) is 20. The summed E-state index contributed by atoms with van der Waals surface area (Å²) in [6.45, 7) is 15.5. The lowest BCUT2D eigenvalue weighted by molar-refractivity contribution is 0.407. The van der Waals surface area contributed by atoms with E-state index in [9.17, 15) is 48.3 Å². The highest BCUT2D eigenvalue weighted by molar-refractivity contribution is 7.16. The molecule has 0 spiro atoms. The molecule has 10 heterocycles. The Morgan fingerprint density at radius 2 is 0.545 bits per heavy atom. The molecule has 2 aliphatic carbocycles. The number of rotatable bonds is 20. The van der Waals surface area contributed by atoms with Gasteiger partial charge < -0.3 is 50.3 Å². The minimum Gasteiger partial charge on any atom is -0.497 e. The molecule has 0 saturated heterocycles. The lowest BCUT2D eigenvalue weighted by atomic mass is 9.95. The van der Waals surface area contributed by atoms with Crippen LogP contribution in [0, 0.1) is 119 Å². The average Bonchev–Trinajstić information content (AvgIpc) is 1.62. The molecule has 37 heteroatoms. The van der Waals surface area contributed by atoms with Crippen LogP contribution in [0.3, 0.4) is 0 Å². The SMILES string of the molecule is COc1cc(F)c(-c2nc3scc(C)n3c2NC2CCCC2)c(F)c1.COc1cc(F)c(-c2nc3scc(C)n3c2NC2CCCCC2)c(F)c1.COc1cc(F)c(-c2nc3scc(C)n3c2Nc2c(C)cccc2C)c(F)c1.COc1cc(F)c(-c2nc3scc(C)n3c2Nc2c(C)cccc2Cl)c(F)c1.COc1cc(F)c(-c2nc3scc(C)n3c2Nc2ccc(F)cc2)c(F)c1. The second kappa shape index (κ2) is 40.1. The lowest BCUT2D eigenvalue weighted by Gasteiger charge is -2.24. The first kappa shape index (κ1) is 94.3. The normalized spacial score (nSPS) is 12.8. The number of nitrogens with one attached hydrogen (secondary N) is 5. The Morgan fingerprint density at radius 3 is 0.821 bits per heavy atom. The van der Waals surface area contributed by atoms with Crippen LogP contribution in [0.5, 0.6) is 28.7 Å². The van der Waals surface area contributed by atoms with Crippen molar-refractivity contribution in [1.82, 2.24) is 46.9 Å². The van der Waals surface area contributed by atoms with Crippen LogP contribution in [0.2, 0.25) is 5.02 Å². The topological polar surface area (TPSA) is 193 Å². The van der Waals surface area contributed by atoms with Crippen molar-refractivity contribution in [2.24, 2.45) is 0 Å². The number of hydrogen-bond donors (Lipinski definition) is 5. The Balaban J connectivity index is 0.000000122. The van der Waals surface area contributed by atoms with Gasteiger partial charge in [-0.3, -0.25) is 22.0 Å². The Bertz CT molecular complexity index is 7060. The molecule has 8 aromatic carbocycles. The third-order valence-corrected chi connectivity index (χ3v) is 28.1. The highest BCUT2D eigenvalue weighted by Gasteiger charge is 2.33. The zero-order valence-corrected chi connectivity index (χ0v) is 79.4. The molecule has 0 atom stereocenters. The van der Waals surface area contributed by atoms with Crippen molar-refractivity contribution in [3.63, 3.8) is 0 Å². The van der Waals surface area contributed by atoms with E-state index in [0.717, 1.165) is 111 Å². The maximum absolute atomic E-state index is 14.8. The van der Waals surface area contributed by atoms with Gasteiger partial charge in [0.05, 0.1) is 74.1 Å². The number of imidazole rings is 5. The second-order valence-corrected chi connectivity index (χ2v) is 36.6. The van der Waals surface area contributed by atoms with E-state index in [1.54, 1.807) is 22.6 Å². The molecule has 5 N–H and O–H groups in total. The van der Waals surface area contributed by atoms with Crippen LogP contribution in [0.15, 0.2) is 148 Å². The molecule has 2 aliphatic rings. The van der Waals surface area contributed by atoms with Crippen molar-refractivity contribution in [2.45, 2.75) is 125 Å². The zero-order chi connectivity index (χ0) is 94.9. The van der Waals surface area contributed by atoms with Crippen molar-refractivity contribution in [3.8, 4) is 85.0 Å². The molecule has 0 radical (unpaired) electrons. The van der Waals surface area contributed by atoms with Crippen LogP contribution < -0.4 is 50.3 Å². The lowest BCUT2D eigenvalue weighted by Crippen LogP contribution is -2.23. The summed E-state index contributed by atoms with van der Waals surface area (Å²) in [4.78, 5) is 25.8. The van der Waals surface area contributed by atoms with Crippen molar-refractivity contribution in [2.75, 3.05) is 62.1 Å². The van der Waals surface area contributed by atoms with Gasteiger partial charge in [-0.2, -0.15) is 0 Å². The number of halogens is 12. The van der Waals surface area contributed by atoms with Gasteiger partial charge in [0, 0.05) is 139 Å². The number of benzene rings is 8. The molecule has 20 nitrogen and oxygen atoms in total. The summed E-state index contributed by atoms with van der Waals surface area (Å²) in [5.41, 5.74) is 10.1. The molecule has 0 unspecified atom stereocenters. The van der Waals surface area contributed by atoms with E-state index in [1.807, 2.05) is 130 Å². The van der Waals surface area contributed by atoms with E-state index in [4.69, 9.17) is 35.3 Å². The summed E-state index contributed by atoms with van der Waals surface area (Å²) in [5, 5.41) is 27.0.